The van der Waals surface area contributed by atoms with Gasteiger partial charge in [-0.25, -0.2) is 0 Å². The van der Waals surface area contributed by atoms with Crippen LogP contribution in [0, 0.1) is 16.7 Å². The minimum absolute atomic E-state index is 0.150. The van der Waals surface area contributed by atoms with Crippen molar-refractivity contribution in [1.82, 2.24) is 4.90 Å². The van der Waals surface area contributed by atoms with Gasteiger partial charge in [-0.05, 0) is 5.41 Å². The SMILES string of the molecule is C=CCN(CC#N)C(O)C(N)C(C)(C)C. The van der Waals surface area contributed by atoms with Crippen molar-refractivity contribution < 1.29 is 5.11 Å². The smallest absolute Gasteiger partial charge is 0.124 e. The standard InChI is InChI=1S/C11H21N3O/c1-5-7-14(8-6-12)10(15)9(13)11(2,3)4/h5,9-10,15H,1,7-8,13H2,2-4H3. The van der Waals surface area contributed by atoms with E-state index in [0.29, 0.717) is 6.54 Å². The van der Waals surface area contributed by atoms with E-state index in [9.17, 15) is 5.11 Å². The molecule has 0 aromatic heterocycles. The van der Waals surface area contributed by atoms with E-state index in [2.05, 4.69) is 6.58 Å². The number of rotatable bonds is 5. The van der Waals surface area contributed by atoms with Crippen LogP contribution in [-0.2, 0) is 0 Å². The van der Waals surface area contributed by atoms with E-state index >= 15 is 0 Å². The van der Waals surface area contributed by atoms with Crippen LogP contribution in [-0.4, -0.2) is 35.4 Å². The Morgan fingerprint density at radius 3 is 2.47 bits per heavy atom. The number of aliphatic hydroxyl groups excluding tert-OH is 1. The van der Waals surface area contributed by atoms with Crippen molar-refractivity contribution in [1.29, 1.82) is 5.26 Å². The van der Waals surface area contributed by atoms with Gasteiger partial charge in [-0.2, -0.15) is 5.26 Å². The minimum Gasteiger partial charge on any atom is -0.377 e. The van der Waals surface area contributed by atoms with Crippen LogP contribution in [0.2, 0.25) is 0 Å². The molecule has 15 heavy (non-hydrogen) atoms. The van der Waals surface area contributed by atoms with E-state index in [-0.39, 0.29) is 12.0 Å². The molecule has 0 aliphatic heterocycles. The first-order chi connectivity index (χ1) is 6.84. The zero-order valence-electron chi connectivity index (χ0n) is 9.77. The number of aliphatic hydroxyl groups is 1. The van der Waals surface area contributed by atoms with E-state index in [1.54, 1.807) is 11.0 Å². The van der Waals surface area contributed by atoms with Gasteiger partial charge >= 0.3 is 0 Å². The quantitative estimate of drug-likeness (QED) is 0.398. The van der Waals surface area contributed by atoms with Gasteiger partial charge in [-0.1, -0.05) is 26.8 Å². The van der Waals surface area contributed by atoms with Gasteiger partial charge in [0.25, 0.3) is 0 Å². The van der Waals surface area contributed by atoms with Crippen molar-refractivity contribution in [2.75, 3.05) is 13.1 Å². The Bertz CT molecular complexity index is 239. The van der Waals surface area contributed by atoms with E-state index in [1.807, 2.05) is 26.8 Å². The Kier molecular flexibility index (Phi) is 5.51. The fraction of sp³-hybridized carbons (Fsp3) is 0.727. The molecule has 0 spiro atoms. The summed E-state index contributed by atoms with van der Waals surface area (Å²) in [6.45, 7) is 10.1. The second kappa shape index (κ2) is 5.86. The Balaban J connectivity index is 4.55. The summed E-state index contributed by atoms with van der Waals surface area (Å²) in [6.07, 6.45) is 0.832. The second-order valence-corrected chi connectivity index (χ2v) is 4.68. The minimum atomic E-state index is -0.817. The van der Waals surface area contributed by atoms with Crippen LogP contribution >= 0.6 is 0 Å². The fourth-order valence-corrected chi connectivity index (χ4v) is 1.20. The molecular weight excluding hydrogens is 190 g/mol. The molecular formula is C11H21N3O. The maximum atomic E-state index is 9.98. The molecule has 0 aliphatic rings. The molecule has 0 bridgehead atoms. The highest BCUT2D eigenvalue weighted by Gasteiger charge is 2.30. The zero-order valence-corrected chi connectivity index (χ0v) is 9.77. The first-order valence-electron chi connectivity index (χ1n) is 5.00. The molecule has 2 atom stereocenters. The van der Waals surface area contributed by atoms with E-state index in [4.69, 9.17) is 11.0 Å². The summed E-state index contributed by atoms with van der Waals surface area (Å²) in [5.41, 5.74) is 5.72. The molecule has 0 aliphatic carbocycles. The van der Waals surface area contributed by atoms with Crippen molar-refractivity contribution >= 4 is 0 Å². The van der Waals surface area contributed by atoms with Gasteiger partial charge in [-0.3, -0.25) is 4.90 Å². The molecule has 0 heterocycles. The third kappa shape index (κ3) is 4.43. The molecule has 3 N–H and O–H groups in total. The summed E-state index contributed by atoms with van der Waals surface area (Å²) >= 11 is 0. The molecule has 0 fully saturated rings. The van der Waals surface area contributed by atoms with Gasteiger partial charge in [0.15, 0.2) is 0 Å². The lowest BCUT2D eigenvalue weighted by Crippen LogP contribution is -2.53. The predicted molar refractivity (Wildman–Crippen MR) is 60.8 cm³/mol. The molecule has 0 aromatic rings. The zero-order chi connectivity index (χ0) is 12.1. The summed E-state index contributed by atoms with van der Waals surface area (Å²) < 4.78 is 0. The monoisotopic (exact) mass is 211 g/mol. The molecule has 0 radical (unpaired) electrons. The van der Waals surface area contributed by atoms with Gasteiger partial charge < -0.3 is 10.8 Å². The van der Waals surface area contributed by atoms with Crippen molar-refractivity contribution in [3.05, 3.63) is 12.7 Å². The highest BCUT2D eigenvalue weighted by atomic mass is 16.3. The highest BCUT2D eigenvalue weighted by molar-refractivity contribution is 4.90. The summed E-state index contributed by atoms with van der Waals surface area (Å²) in [7, 11) is 0. The highest BCUT2D eigenvalue weighted by Crippen LogP contribution is 2.21. The average molecular weight is 211 g/mol. The van der Waals surface area contributed by atoms with Crippen LogP contribution in [0.1, 0.15) is 20.8 Å². The Morgan fingerprint density at radius 1 is 1.60 bits per heavy atom. The first kappa shape index (κ1) is 14.1. The van der Waals surface area contributed by atoms with Gasteiger partial charge in [-0.15, -0.1) is 6.58 Å². The van der Waals surface area contributed by atoms with E-state index < -0.39 is 12.3 Å². The molecule has 0 amide bonds. The van der Waals surface area contributed by atoms with Crippen LogP contribution in [0.15, 0.2) is 12.7 Å². The second-order valence-electron chi connectivity index (χ2n) is 4.68. The molecule has 0 rings (SSSR count). The molecule has 0 aromatic carbocycles. The van der Waals surface area contributed by atoms with Gasteiger partial charge in [0.1, 0.15) is 6.23 Å². The molecule has 0 saturated heterocycles. The molecule has 4 nitrogen and oxygen atoms in total. The van der Waals surface area contributed by atoms with Crippen molar-refractivity contribution in [3.8, 4) is 6.07 Å². The first-order valence-corrected chi connectivity index (χ1v) is 5.00. The molecule has 2 unspecified atom stereocenters. The Morgan fingerprint density at radius 2 is 2.13 bits per heavy atom. The lowest BCUT2D eigenvalue weighted by molar-refractivity contribution is -0.0273. The van der Waals surface area contributed by atoms with Gasteiger partial charge in [0.2, 0.25) is 0 Å². The van der Waals surface area contributed by atoms with Crippen LogP contribution < -0.4 is 5.73 Å². The Labute approximate surface area is 92.0 Å². The Hall–Kier alpha value is -0.890. The maximum Gasteiger partial charge on any atom is 0.124 e. The number of nitriles is 1. The van der Waals surface area contributed by atoms with Crippen molar-refractivity contribution in [3.63, 3.8) is 0 Å². The topological polar surface area (TPSA) is 73.3 Å². The fourth-order valence-electron chi connectivity index (χ4n) is 1.20. The lowest BCUT2D eigenvalue weighted by atomic mass is 9.86. The number of nitrogens with two attached hydrogens (primary N) is 1. The van der Waals surface area contributed by atoms with E-state index in [1.165, 1.54) is 0 Å². The normalized spacial score (nSPS) is 15.8. The van der Waals surface area contributed by atoms with E-state index in [0.717, 1.165) is 0 Å². The van der Waals surface area contributed by atoms with Gasteiger partial charge in [0.05, 0.1) is 12.6 Å². The van der Waals surface area contributed by atoms with Crippen LogP contribution in [0.4, 0.5) is 0 Å². The number of hydrogen-bond acceptors (Lipinski definition) is 4. The summed E-state index contributed by atoms with van der Waals surface area (Å²) in [5.74, 6) is 0. The lowest BCUT2D eigenvalue weighted by Gasteiger charge is -2.36. The third-order valence-electron chi connectivity index (χ3n) is 2.33. The van der Waals surface area contributed by atoms with Crippen LogP contribution in [0.25, 0.3) is 0 Å². The van der Waals surface area contributed by atoms with Crippen LogP contribution in [0.5, 0.6) is 0 Å². The van der Waals surface area contributed by atoms with Crippen molar-refractivity contribution in [2.24, 2.45) is 11.1 Å². The summed E-state index contributed by atoms with van der Waals surface area (Å²) in [6, 6.07) is 1.61. The molecule has 0 saturated carbocycles. The number of nitrogens with zero attached hydrogens (tertiary/aromatic N) is 2. The summed E-state index contributed by atoms with van der Waals surface area (Å²) in [5, 5.41) is 18.6. The largest absolute Gasteiger partial charge is 0.377 e. The molecule has 4 heteroatoms. The number of hydrogen-bond donors (Lipinski definition) is 2. The maximum absolute atomic E-state index is 9.98. The average Bonchev–Trinajstić information content (AvgIpc) is 2.14. The molecule has 86 valence electrons. The predicted octanol–water partition coefficient (Wildman–Crippen LogP) is 0.690. The van der Waals surface area contributed by atoms with Crippen LogP contribution in [0.3, 0.4) is 0 Å². The third-order valence-corrected chi connectivity index (χ3v) is 2.33. The van der Waals surface area contributed by atoms with Gasteiger partial charge in [0, 0.05) is 12.6 Å². The van der Waals surface area contributed by atoms with Crippen molar-refractivity contribution in [2.45, 2.75) is 33.0 Å². The summed E-state index contributed by atoms with van der Waals surface area (Å²) in [4.78, 5) is 1.60.